The Bertz CT molecular complexity index is 153. The van der Waals surface area contributed by atoms with Gasteiger partial charge in [0.1, 0.15) is 13.8 Å². The van der Waals surface area contributed by atoms with E-state index in [-0.39, 0.29) is 0 Å². The molecule has 0 aromatic rings. The van der Waals surface area contributed by atoms with Gasteiger partial charge in [0.25, 0.3) is 0 Å². The van der Waals surface area contributed by atoms with E-state index in [0.717, 1.165) is 0 Å². The quantitative estimate of drug-likeness (QED) is 0.370. The van der Waals surface area contributed by atoms with E-state index in [4.69, 9.17) is 0 Å². The van der Waals surface area contributed by atoms with Gasteiger partial charge in [-0.3, -0.25) is 0 Å². The Morgan fingerprint density at radius 2 is 2.14 bits per heavy atom. The average Bonchev–Trinajstić information content (AvgIpc) is 1.87. The Morgan fingerprint density at radius 1 is 1.43 bits per heavy atom. The molecule has 0 amide bonds. The second-order valence-corrected chi connectivity index (χ2v) is 1.59. The third-order valence-electron chi connectivity index (χ3n) is 0.824. The van der Waals surface area contributed by atoms with Crippen LogP contribution < -0.4 is 0 Å². The number of hydrogen-bond acceptors (Lipinski definition) is 0. The largest absolute Gasteiger partial charge is 0.411 e. The first-order chi connectivity index (χ1) is 3.29. The topological polar surface area (TPSA) is 6.02 Å². The Kier molecular flexibility index (Phi) is 0.785. The van der Waals surface area contributed by atoms with Crippen molar-refractivity contribution in [2.45, 2.75) is 0 Å². The highest BCUT2D eigenvalue weighted by atomic mass is 15.1. The summed E-state index contributed by atoms with van der Waals surface area (Å²) in [7, 11) is 1.96. The van der Waals surface area contributed by atoms with E-state index >= 15 is 0 Å². The van der Waals surface area contributed by atoms with Crippen LogP contribution in [0.3, 0.4) is 0 Å². The molecule has 0 spiro atoms. The van der Waals surface area contributed by atoms with Crippen molar-refractivity contribution in [3.8, 4) is 0 Å². The van der Waals surface area contributed by atoms with Crippen LogP contribution in [0.2, 0.25) is 0 Å². The van der Waals surface area contributed by atoms with Crippen LogP contribution >= 0.6 is 0 Å². The molecule has 0 saturated carbocycles. The standard InChI is InChI=1S/C5H8N2/c1-6-3-4-7(2)5-6/h3-5H,1H2,2H3/q+2. The second kappa shape index (κ2) is 1.30. The van der Waals surface area contributed by atoms with Crippen molar-refractivity contribution in [2.75, 3.05) is 7.05 Å². The molecule has 0 radical (unpaired) electrons. The molecule has 1 heterocycles. The molecule has 2 nitrogen and oxygen atoms in total. The minimum atomic E-state index is 1.75. The normalized spacial score (nSPS) is 17.9. The third-order valence-corrected chi connectivity index (χ3v) is 0.824. The van der Waals surface area contributed by atoms with Gasteiger partial charge in [0.05, 0.1) is 0 Å². The summed E-state index contributed by atoms with van der Waals surface area (Å²) >= 11 is 0. The lowest BCUT2D eigenvalue weighted by molar-refractivity contribution is -0.445. The molecular formula is C5H8N2+2. The molecule has 0 bridgehead atoms. The highest BCUT2D eigenvalue weighted by molar-refractivity contribution is 5.44. The molecule has 0 fully saturated rings. The van der Waals surface area contributed by atoms with Crippen molar-refractivity contribution in [3.05, 3.63) is 12.4 Å². The molecule has 0 aromatic heterocycles. The lowest BCUT2D eigenvalue weighted by Crippen LogP contribution is -1.98. The van der Waals surface area contributed by atoms with Crippen molar-refractivity contribution in [1.29, 1.82) is 0 Å². The van der Waals surface area contributed by atoms with E-state index in [1.807, 2.05) is 30.4 Å². The lowest BCUT2D eigenvalue weighted by Gasteiger charge is -1.65. The van der Waals surface area contributed by atoms with Gasteiger partial charge < -0.3 is 0 Å². The van der Waals surface area contributed by atoms with Gasteiger partial charge in [-0.05, 0) is 0 Å². The molecule has 7 heavy (non-hydrogen) atoms. The van der Waals surface area contributed by atoms with Crippen LogP contribution in [0, 0.1) is 0 Å². The minimum Gasteiger partial charge on any atom is -0.146 e. The summed E-state index contributed by atoms with van der Waals surface area (Å²) in [6.07, 6.45) is 5.72. The zero-order valence-electron chi connectivity index (χ0n) is 4.33. The zero-order chi connectivity index (χ0) is 5.28. The smallest absolute Gasteiger partial charge is 0.146 e. The fourth-order valence-corrected chi connectivity index (χ4v) is 0.502. The van der Waals surface area contributed by atoms with Crippen molar-refractivity contribution in [3.63, 3.8) is 0 Å². The van der Waals surface area contributed by atoms with Crippen LogP contribution in [-0.4, -0.2) is 29.3 Å². The highest BCUT2D eigenvalue weighted by Crippen LogP contribution is 1.80. The average molecular weight is 96.1 g/mol. The van der Waals surface area contributed by atoms with Crippen molar-refractivity contribution in [2.24, 2.45) is 0 Å². The molecule has 0 aliphatic carbocycles. The molecule has 0 atom stereocenters. The summed E-state index contributed by atoms with van der Waals surface area (Å²) in [5.41, 5.74) is 0. The zero-order valence-corrected chi connectivity index (χ0v) is 4.33. The van der Waals surface area contributed by atoms with Gasteiger partial charge in [0.2, 0.25) is 12.4 Å². The summed E-state index contributed by atoms with van der Waals surface area (Å²) < 4.78 is 3.69. The van der Waals surface area contributed by atoms with Gasteiger partial charge in [-0.15, -0.1) is 9.15 Å². The van der Waals surface area contributed by atoms with Crippen LogP contribution in [0.15, 0.2) is 12.4 Å². The Labute approximate surface area is 42.7 Å². The summed E-state index contributed by atoms with van der Waals surface area (Å²) in [5.74, 6) is 0. The first-order valence-corrected chi connectivity index (χ1v) is 2.13. The monoisotopic (exact) mass is 96.1 g/mol. The van der Waals surface area contributed by atoms with E-state index in [9.17, 15) is 0 Å². The Morgan fingerprint density at radius 3 is 2.29 bits per heavy atom. The van der Waals surface area contributed by atoms with Crippen LogP contribution in [0.5, 0.6) is 0 Å². The van der Waals surface area contributed by atoms with Crippen LogP contribution in [0.1, 0.15) is 0 Å². The van der Waals surface area contributed by atoms with E-state index in [2.05, 4.69) is 6.72 Å². The van der Waals surface area contributed by atoms with Crippen molar-refractivity contribution in [1.82, 2.24) is 0 Å². The Balaban J connectivity index is 2.88. The molecule has 2 heteroatoms. The molecular weight excluding hydrogens is 88.1 g/mol. The third kappa shape index (κ3) is 0.738. The van der Waals surface area contributed by atoms with Crippen LogP contribution in [0.25, 0.3) is 0 Å². The summed E-state index contributed by atoms with van der Waals surface area (Å²) in [4.78, 5) is 0. The van der Waals surface area contributed by atoms with E-state index < -0.39 is 0 Å². The maximum Gasteiger partial charge on any atom is 0.411 e. The first-order valence-electron chi connectivity index (χ1n) is 2.13. The predicted molar refractivity (Wildman–Crippen MR) is 28.8 cm³/mol. The van der Waals surface area contributed by atoms with E-state index in [1.54, 1.807) is 4.58 Å². The summed E-state index contributed by atoms with van der Waals surface area (Å²) in [6.45, 7) is 3.64. The van der Waals surface area contributed by atoms with Crippen molar-refractivity contribution >= 4 is 13.1 Å². The molecule has 1 aliphatic heterocycles. The molecule has 0 aromatic carbocycles. The molecule has 0 N–H and O–H groups in total. The van der Waals surface area contributed by atoms with Crippen LogP contribution in [0.4, 0.5) is 0 Å². The van der Waals surface area contributed by atoms with Gasteiger partial charge in [0, 0.05) is 0 Å². The minimum absolute atomic E-state index is 1.75. The summed E-state index contributed by atoms with van der Waals surface area (Å²) in [6, 6.07) is 0. The molecule has 0 saturated heterocycles. The van der Waals surface area contributed by atoms with Gasteiger partial charge in [-0.25, -0.2) is 0 Å². The van der Waals surface area contributed by atoms with Gasteiger partial charge in [-0.2, -0.15) is 0 Å². The number of nitrogens with zero attached hydrogens (tertiary/aromatic N) is 2. The number of rotatable bonds is 0. The highest BCUT2D eigenvalue weighted by Gasteiger charge is 2.06. The van der Waals surface area contributed by atoms with Crippen LogP contribution in [-0.2, 0) is 0 Å². The Hall–Kier alpha value is -0.920. The molecule has 0 unspecified atom stereocenters. The first kappa shape index (κ1) is 4.24. The fraction of sp³-hybridized carbons (Fsp3) is 0.200. The summed E-state index contributed by atoms with van der Waals surface area (Å²) in [5, 5.41) is 0. The maximum absolute atomic E-state index is 3.64. The van der Waals surface area contributed by atoms with Crippen molar-refractivity contribution < 1.29 is 9.15 Å². The van der Waals surface area contributed by atoms with E-state index in [0.29, 0.717) is 0 Å². The van der Waals surface area contributed by atoms with E-state index in [1.165, 1.54) is 0 Å². The predicted octanol–water partition coefficient (Wildman–Crippen LogP) is -0.145. The number of hydrogen-bond donors (Lipinski definition) is 0. The van der Waals surface area contributed by atoms with Gasteiger partial charge in [0.15, 0.2) is 0 Å². The maximum atomic E-state index is 3.64. The van der Waals surface area contributed by atoms with Gasteiger partial charge >= 0.3 is 6.34 Å². The second-order valence-electron chi connectivity index (χ2n) is 1.59. The molecule has 1 aliphatic rings. The lowest BCUT2D eigenvalue weighted by atomic mass is 10.9. The molecule has 1 rings (SSSR count). The fourth-order valence-electron chi connectivity index (χ4n) is 0.502. The molecule has 36 valence electrons. The SMILES string of the molecule is C=[N+]1C=C[N+](C)=C1. The van der Waals surface area contributed by atoms with Gasteiger partial charge in [-0.1, -0.05) is 0 Å².